The van der Waals surface area contributed by atoms with Gasteiger partial charge in [0, 0.05) is 23.9 Å². The monoisotopic (exact) mass is 389 g/mol. The van der Waals surface area contributed by atoms with Crippen LogP contribution < -0.4 is 15.1 Å². The number of nitrogens with zero attached hydrogens (tertiary/aromatic N) is 2. The molecule has 4 atom stereocenters. The van der Waals surface area contributed by atoms with Gasteiger partial charge in [-0.05, 0) is 37.3 Å². The molecule has 7 nitrogen and oxygen atoms in total. The van der Waals surface area contributed by atoms with E-state index < -0.39 is 0 Å². The molecule has 1 aromatic carbocycles. The summed E-state index contributed by atoms with van der Waals surface area (Å²) in [5.74, 6) is 1.38. The van der Waals surface area contributed by atoms with E-state index in [4.69, 9.17) is 0 Å². The highest BCUT2D eigenvalue weighted by atomic mass is 16.6. The zero-order chi connectivity index (χ0) is 20.3. The van der Waals surface area contributed by atoms with E-state index in [-0.39, 0.29) is 22.6 Å². The lowest BCUT2D eigenvalue weighted by Crippen LogP contribution is -3.19. The molecule has 0 aromatic heterocycles. The molecule has 1 saturated heterocycles. The van der Waals surface area contributed by atoms with Gasteiger partial charge in [-0.1, -0.05) is 26.7 Å². The highest BCUT2D eigenvalue weighted by molar-refractivity contribution is 5.80. The molecule has 1 aromatic rings. The Kier molecular flexibility index (Phi) is 6.54. The summed E-state index contributed by atoms with van der Waals surface area (Å²) in [6, 6.07) is 6.98. The van der Waals surface area contributed by atoms with Crippen molar-refractivity contribution in [1.82, 2.24) is 5.32 Å². The summed E-state index contributed by atoms with van der Waals surface area (Å²) in [7, 11) is 0. The molecule has 1 heterocycles. The fourth-order valence-electron chi connectivity index (χ4n) is 4.55. The smallest absolute Gasteiger partial charge is 0.278 e. The minimum absolute atomic E-state index is 0.0524. The van der Waals surface area contributed by atoms with Gasteiger partial charge >= 0.3 is 0 Å². The zero-order valence-corrected chi connectivity index (χ0v) is 17.2. The van der Waals surface area contributed by atoms with Crippen LogP contribution in [0.1, 0.15) is 40.0 Å². The number of carbonyl (C=O) groups excluding carboxylic acids is 1. The summed E-state index contributed by atoms with van der Waals surface area (Å²) in [6.07, 6.45) is 3.55. The first-order chi connectivity index (χ1) is 13.4. The Morgan fingerprint density at radius 1 is 1.21 bits per heavy atom. The molecule has 1 saturated carbocycles. The number of piperazine rings is 1. The number of nitrogens with one attached hydrogen (secondary N) is 2. The number of nitro groups is 1. The third-order valence-electron chi connectivity index (χ3n) is 6.87. The van der Waals surface area contributed by atoms with Crippen LogP contribution in [0.4, 0.5) is 11.4 Å². The molecule has 154 valence electrons. The Bertz CT molecular complexity index is 685. The molecule has 0 unspecified atom stereocenters. The van der Waals surface area contributed by atoms with E-state index in [1.165, 1.54) is 17.7 Å². The van der Waals surface area contributed by atoms with E-state index in [1.807, 2.05) is 19.1 Å². The van der Waals surface area contributed by atoms with Crippen LogP contribution in [-0.2, 0) is 4.79 Å². The van der Waals surface area contributed by atoms with Crippen molar-refractivity contribution in [2.75, 3.05) is 31.1 Å². The summed E-state index contributed by atoms with van der Waals surface area (Å²) in [5.41, 5.74) is 1.12. The van der Waals surface area contributed by atoms with Gasteiger partial charge < -0.3 is 15.1 Å². The number of nitro benzene ring substituents is 1. The third-order valence-corrected chi connectivity index (χ3v) is 6.87. The molecule has 1 aliphatic heterocycles. The lowest BCUT2D eigenvalue weighted by Gasteiger charge is -2.38. The van der Waals surface area contributed by atoms with Crippen molar-refractivity contribution in [3.63, 3.8) is 0 Å². The van der Waals surface area contributed by atoms with Gasteiger partial charge in [-0.3, -0.25) is 14.9 Å². The lowest BCUT2D eigenvalue weighted by atomic mass is 9.78. The second kappa shape index (κ2) is 8.90. The van der Waals surface area contributed by atoms with Crippen LogP contribution >= 0.6 is 0 Å². The first kappa shape index (κ1) is 20.6. The second-order valence-corrected chi connectivity index (χ2v) is 8.52. The maximum Gasteiger partial charge on any atom is 0.278 e. The number of rotatable bonds is 5. The van der Waals surface area contributed by atoms with E-state index in [2.05, 4.69) is 24.1 Å². The average Bonchev–Trinajstić information content (AvgIpc) is 2.71. The van der Waals surface area contributed by atoms with Crippen molar-refractivity contribution in [3.8, 4) is 0 Å². The maximum atomic E-state index is 12.8. The van der Waals surface area contributed by atoms with E-state index in [1.54, 1.807) is 12.1 Å². The first-order valence-corrected chi connectivity index (χ1v) is 10.5. The molecule has 3 rings (SSSR count). The molecule has 28 heavy (non-hydrogen) atoms. The quantitative estimate of drug-likeness (QED) is 0.593. The molecular weight excluding hydrogens is 356 g/mol. The van der Waals surface area contributed by atoms with Gasteiger partial charge in [0.05, 0.1) is 31.1 Å². The van der Waals surface area contributed by atoms with Gasteiger partial charge in [0.15, 0.2) is 6.04 Å². The number of carbonyl (C=O) groups is 1. The van der Waals surface area contributed by atoms with Crippen molar-refractivity contribution < 1.29 is 14.6 Å². The third kappa shape index (κ3) is 4.63. The van der Waals surface area contributed by atoms with Crippen molar-refractivity contribution in [1.29, 1.82) is 0 Å². The van der Waals surface area contributed by atoms with Crippen molar-refractivity contribution >= 4 is 17.3 Å². The normalized spacial score (nSPS) is 27.2. The molecule has 7 heteroatoms. The molecule has 2 N–H and O–H groups in total. The lowest BCUT2D eigenvalue weighted by molar-refractivity contribution is -0.914. The van der Waals surface area contributed by atoms with Gasteiger partial charge in [0.1, 0.15) is 0 Å². The van der Waals surface area contributed by atoms with Crippen LogP contribution in [0, 0.1) is 22.0 Å². The summed E-state index contributed by atoms with van der Waals surface area (Å²) in [4.78, 5) is 26.8. The van der Waals surface area contributed by atoms with Crippen LogP contribution in [0.2, 0.25) is 0 Å². The van der Waals surface area contributed by atoms with E-state index in [0.29, 0.717) is 17.9 Å². The Balaban J connectivity index is 1.51. The molecule has 0 spiro atoms. The number of hydrogen-bond donors (Lipinski definition) is 2. The molecule has 0 bridgehead atoms. The van der Waals surface area contributed by atoms with Crippen LogP contribution in [0.5, 0.6) is 0 Å². The van der Waals surface area contributed by atoms with Gasteiger partial charge in [-0.25, -0.2) is 0 Å². The number of benzene rings is 1. The molecule has 0 radical (unpaired) electrons. The maximum absolute atomic E-state index is 12.8. The average molecular weight is 390 g/mol. The van der Waals surface area contributed by atoms with E-state index >= 15 is 0 Å². The van der Waals surface area contributed by atoms with Crippen LogP contribution in [0.3, 0.4) is 0 Å². The summed E-state index contributed by atoms with van der Waals surface area (Å²) >= 11 is 0. The van der Waals surface area contributed by atoms with Crippen LogP contribution in [-0.4, -0.2) is 49.1 Å². The van der Waals surface area contributed by atoms with Crippen molar-refractivity contribution in [2.45, 2.75) is 52.1 Å². The van der Waals surface area contributed by atoms with Crippen molar-refractivity contribution in [2.24, 2.45) is 11.8 Å². The number of non-ortho nitro benzene ring substituents is 1. The van der Waals surface area contributed by atoms with Gasteiger partial charge in [-0.15, -0.1) is 0 Å². The van der Waals surface area contributed by atoms with Crippen molar-refractivity contribution in [3.05, 3.63) is 34.4 Å². The molecule has 1 amide bonds. The Morgan fingerprint density at radius 3 is 2.46 bits per heavy atom. The Morgan fingerprint density at radius 2 is 1.86 bits per heavy atom. The fraction of sp³-hybridized carbons (Fsp3) is 0.667. The predicted molar refractivity (Wildman–Crippen MR) is 110 cm³/mol. The van der Waals surface area contributed by atoms with Gasteiger partial charge in [0.25, 0.3) is 11.6 Å². The highest BCUT2D eigenvalue weighted by Gasteiger charge is 2.33. The van der Waals surface area contributed by atoms with E-state index in [0.717, 1.165) is 38.3 Å². The molecule has 2 aliphatic rings. The molecular formula is C21H33N4O3+. The second-order valence-electron chi connectivity index (χ2n) is 8.52. The topological polar surface area (TPSA) is 79.9 Å². The predicted octanol–water partition coefficient (Wildman–Crippen LogP) is 1.63. The SMILES string of the molecule is C[C@H]1[C@@H](NC(=O)[C@@H](C)[NH+]2CCN(c3ccc([N+](=O)[O-])cc3)CC2)CCC[C@@H]1C. The summed E-state index contributed by atoms with van der Waals surface area (Å²) < 4.78 is 0. The van der Waals surface area contributed by atoms with E-state index in [9.17, 15) is 14.9 Å². The number of amides is 1. The number of quaternary nitrogens is 1. The minimum Gasteiger partial charge on any atom is -0.360 e. The summed E-state index contributed by atoms with van der Waals surface area (Å²) in [6.45, 7) is 10.1. The minimum atomic E-state index is -0.375. The number of hydrogen-bond acceptors (Lipinski definition) is 4. The largest absolute Gasteiger partial charge is 0.360 e. The Labute approximate surface area is 167 Å². The highest BCUT2D eigenvalue weighted by Crippen LogP contribution is 2.29. The van der Waals surface area contributed by atoms with Gasteiger partial charge in [-0.2, -0.15) is 0 Å². The molecule has 1 aliphatic carbocycles. The standard InChI is InChI=1S/C21H32N4O3/c1-15-5-4-6-20(16(15)2)22-21(26)17(3)23-11-13-24(14-12-23)18-7-9-19(10-8-18)25(27)28/h7-10,15-17,20H,4-6,11-14H2,1-3H3,(H,22,26)/p+1/t15-,16+,17+,20-/m0/s1. The fourth-order valence-corrected chi connectivity index (χ4v) is 4.55. The zero-order valence-electron chi connectivity index (χ0n) is 17.2. The van der Waals surface area contributed by atoms with Gasteiger partial charge in [0.2, 0.25) is 0 Å². The van der Waals surface area contributed by atoms with Crippen LogP contribution in [0.15, 0.2) is 24.3 Å². The molecule has 2 fully saturated rings. The number of anilines is 1. The first-order valence-electron chi connectivity index (χ1n) is 10.5. The summed E-state index contributed by atoms with van der Waals surface area (Å²) in [5, 5.41) is 14.1. The Hall–Kier alpha value is -2.15. The van der Waals surface area contributed by atoms with Crippen LogP contribution in [0.25, 0.3) is 0 Å².